The van der Waals surface area contributed by atoms with Crippen LogP contribution < -0.4 is 4.57 Å². The van der Waals surface area contributed by atoms with Crippen molar-refractivity contribution in [2.45, 2.75) is 58.5 Å². The Bertz CT molecular complexity index is 1230. The van der Waals surface area contributed by atoms with E-state index in [0.29, 0.717) is 0 Å². The molecule has 0 atom stereocenters. The Morgan fingerprint density at radius 3 is 1.66 bits per heavy atom. The van der Waals surface area contributed by atoms with Crippen LogP contribution in [0.5, 0.6) is 0 Å². The van der Waals surface area contributed by atoms with Crippen LogP contribution in [0.15, 0.2) is 67.1 Å². The van der Waals surface area contributed by atoms with Crippen LogP contribution in [0.25, 0.3) is 16.9 Å². The van der Waals surface area contributed by atoms with Gasteiger partial charge in [0.2, 0.25) is 6.33 Å². The van der Waals surface area contributed by atoms with Gasteiger partial charge in [-0.1, -0.05) is 41.5 Å². The van der Waals surface area contributed by atoms with E-state index < -0.39 is 11.7 Å². The molecule has 38 heavy (non-hydrogen) atoms. The Hall–Kier alpha value is -2.38. The van der Waals surface area contributed by atoms with Crippen molar-refractivity contribution in [3.8, 4) is 16.9 Å². The van der Waals surface area contributed by atoms with Crippen LogP contribution in [-0.2, 0) is 44.0 Å². The van der Waals surface area contributed by atoms with Crippen LogP contribution in [0.1, 0.15) is 58.2 Å². The number of aryl methyl sites for hydroxylation is 1. The van der Waals surface area contributed by atoms with E-state index in [2.05, 4.69) is 111 Å². The van der Waals surface area contributed by atoms with Gasteiger partial charge < -0.3 is 9.13 Å². The van der Waals surface area contributed by atoms with Crippen molar-refractivity contribution in [3.63, 3.8) is 0 Å². The summed E-state index contributed by atoms with van der Waals surface area (Å²) < 4.78 is 40.3. The predicted molar refractivity (Wildman–Crippen MR) is 141 cm³/mol. The Balaban J connectivity index is 0.000000256. The number of benzene rings is 2. The molecule has 0 bridgehead atoms. The van der Waals surface area contributed by atoms with Gasteiger partial charge in [-0.3, -0.25) is 4.98 Å². The summed E-state index contributed by atoms with van der Waals surface area (Å²) in [5.74, 6) is 0.190. The zero-order valence-electron chi connectivity index (χ0n) is 22.5. The van der Waals surface area contributed by atoms with Crippen LogP contribution in [0.2, 0.25) is 0 Å². The van der Waals surface area contributed by atoms with Gasteiger partial charge >= 0.3 is 35.4 Å². The molecule has 0 N–H and O–H groups in total. The van der Waals surface area contributed by atoms with Crippen LogP contribution in [0.3, 0.4) is 0 Å². The van der Waals surface area contributed by atoms with E-state index >= 15 is 0 Å². The third kappa shape index (κ3) is 9.12. The summed E-state index contributed by atoms with van der Waals surface area (Å²) in [7, 11) is 6.31. The van der Waals surface area contributed by atoms with E-state index in [1.807, 2.05) is 0 Å². The topological polar surface area (TPSA) is 21.7 Å². The van der Waals surface area contributed by atoms with E-state index in [4.69, 9.17) is 0 Å². The molecule has 0 saturated carbocycles. The van der Waals surface area contributed by atoms with Gasteiger partial charge in [-0.25, -0.2) is 11.1 Å². The van der Waals surface area contributed by atoms with Gasteiger partial charge in [0, 0.05) is 18.6 Å². The molecule has 4 aromatic rings. The first-order chi connectivity index (χ1) is 17.6. The van der Waals surface area contributed by atoms with Gasteiger partial charge in [0.1, 0.15) is 5.82 Å². The van der Waals surface area contributed by atoms with Crippen LogP contribution >= 0.6 is 9.19 Å². The van der Waals surface area contributed by atoms with Crippen molar-refractivity contribution < 1.29 is 37.7 Å². The third-order valence-electron chi connectivity index (χ3n) is 5.67. The standard InChI is InChI=1S/C20H24.C10H8F3N3.Au.ClH/c1-19(2,3)17-11-7-15(8-12-17)16-9-13-18(14-10-16)20(4,5)6;1-15-4-5-16(7-15)9-6-8(2-3-14-9)10(11,12)13;;/h7,9,11-14H,1-6H3;2-6H,1H3;;1H/q-2;;+1;/p-1. The second-order valence-electron chi connectivity index (χ2n) is 10.8. The van der Waals surface area contributed by atoms with Crippen molar-refractivity contribution in [2.24, 2.45) is 7.05 Å². The quantitative estimate of drug-likeness (QED) is 0.118. The van der Waals surface area contributed by atoms with Crippen LogP contribution in [0.4, 0.5) is 13.2 Å². The molecule has 0 aliphatic carbocycles. The predicted octanol–water partition coefficient (Wildman–Crippen LogP) is 7.75. The van der Waals surface area contributed by atoms with Gasteiger partial charge in [0.25, 0.3) is 0 Å². The number of imidazole rings is 1. The molecule has 0 amide bonds. The molecule has 2 heterocycles. The molecule has 8 heteroatoms. The van der Waals surface area contributed by atoms with Crippen LogP contribution in [-0.4, -0.2) is 9.55 Å². The first-order valence-electron chi connectivity index (χ1n) is 11.8. The summed E-state index contributed by atoms with van der Waals surface area (Å²) in [6.07, 6.45) is 2.81. The summed E-state index contributed by atoms with van der Waals surface area (Å²) in [6, 6.07) is 21.6. The first-order valence-corrected chi connectivity index (χ1v) is 14.5. The Labute approximate surface area is 240 Å². The monoisotopic (exact) mass is 723 g/mol. The maximum absolute atomic E-state index is 12.4. The van der Waals surface area contributed by atoms with Crippen molar-refractivity contribution in [1.29, 1.82) is 0 Å². The second kappa shape index (κ2) is 13.1. The average Bonchev–Trinajstić information content (AvgIpc) is 3.31. The molecule has 0 fully saturated rings. The number of hydrogen-bond acceptors (Lipinski definition) is 1. The molecule has 2 aromatic heterocycles. The van der Waals surface area contributed by atoms with E-state index in [-0.39, 0.29) is 16.6 Å². The normalized spacial score (nSPS) is 11.7. The summed E-state index contributed by atoms with van der Waals surface area (Å²) in [4.78, 5) is 3.85. The molecule has 4 rings (SSSR count). The fourth-order valence-electron chi connectivity index (χ4n) is 3.38. The second-order valence-corrected chi connectivity index (χ2v) is 10.8. The maximum atomic E-state index is 12.4. The van der Waals surface area contributed by atoms with E-state index in [1.165, 1.54) is 15.7 Å². The summed E-state index contributed by atoms with van der Waals surface area (Å²) in [5, 5.41) is 0. The molecule has 0 aliphatic rings. The number of rotatable bonds is 2. The van der Waals surface area contributed by atoms with E-state index in [9.17, 15) is 13.2 Å². The van der Waals surface area contributed by atoms with Crippen molar-refractivity contribution in [2.75, 3.05) is 0 Å². The summed E-state index contributed by atoms with van der Waals surface area (Å²) >= 11 is 1.75. The van der Waals surface area contributed by atoms with Gasteiger partial charge in [0.15, 0.2) is 0 Å². The SMILES string of the molecule is CC(C)(C)c1c[c-]c(-c2[c-]cc(C(C)(C)C)cc2)cc1.C[n+]1[c-]n(-c2cc(C(F)(F)F)ccn2)cc1.[Cl][Au]. The summed E-state index contributed by atoms with van der Waals surface area (Å²) in [5.41, 5.74) is 4.48. The molecule has 0 unspecified atom stereocenters. The molecule has 0 spiro atoms. The number of halogens is 4. The van der Waals surface area contributed by atoms with Crippen LogP contribution in [0, 0.1) is 18.5 Å². The number of nitrogens with zero attached hydrogens (tertiary/aromatic N) is 3. The molecule has 0 saturated heterocycles. The molecule has 0 radical (unpaired) electrons. The summed E-state index contributed by atoms with van der Waals surface area (Å²) in [6.45, 7) is 13.3. The first kappa shape index (κ1) is 31.8. The Kier molecular flexibility index (Phi) is 11.0. The van der Waals surface area contributed by atoms with Crippen molar-refractivity contribution >= 4 is 9.19 Å². The molecule has 208 valence electrons. The molecule has 3 nitrogen and oxygen atoms in total. The zero-order valence-corrected chi connectivity index (χ0v) is 25.4. The minimum atomic E-state index is -4.35. The third-order valence-corrected chi connectivity index (χ3v) is 5.67. The van der Waals surface area contributed by atoms with E-state index in [0.717, 1.165) is 29.5 Å². The van der Waals surface area contributed by atoms with Gasteiger partial charge in [-0.05, 0) is 23.0 Å². The zero-order chi connectivity index (χ0) is 28.7. The fourth-order valence-corrected chi connectivity index (χ4v) is 3.38. The Morgan fingerprint density at radius 2 is 1.32 bits per heavy atom. The molecular formula is C30H32AuClF3N3-2. The fraction of sp³-hybridized carbons (Fsp3) is 0.333. The number of pyridine rings is 1. The molecule has 0 aliphatic heterocycles. The van der Waals surface area contributed by atoms with Gasteiger partial charge in [0.05, 0.1) is 12.6 Å². The number of alkyl halides is 3. The number of hydrogen-bond donors (Lipinski definition) is 0. The molecular weight excluding hydrogens is 692 g/mol. The Morgan fingerprint density at radius 1 is 0.816 bits per heavy atom. The molecule has 2 aromatic carbocycles. The van der Waals surface area contributed by atoms with Gasteiger partial charge in [-0.15, -0.1) is 11.1 Å². The van der Waals surface area contributed by atoms with Crippen molar-refractivity contribution in [1.82, 2.24) is 9.55 Å². The van der Waals surface area contributed by atoms with Gasteiger partial charge in [-0.2, -0.15) is 61.7 Å². The minimum absolute atomic E-state index is 0.175. The van der Waals surface area contributed by atoms with E-state index in [1.54, 1.807) is 44.0 Å². The van der Waals surface area contributed by atoms with Crippen molar-refractivity contribution in [3.05, 3.63) is 102 Å². The number of aromatic nitrogens is 3. The average molecular weight is 724 g/mol.